The van der Waals surface area contributed by atoms with Gasteiger partial charge in [0.2, 0.25) is 5.91 Å². The number of ether oxygens (including phenoxy) is 1. The monoisotopic (exact) mass is 568 g/mol. The highest BCUT2D eigenvalue weighted by Gasteiger charge is 2.34. The fraction of sp³-hybridized carbons (Fsp3) is 0.308. The quantitative estimate of drug-likeness (QED) is 0.463. The van der Waals surface area contributed by atoms with Crippen molar-refractivity contribution in [3.63, 3.8) is 0 Å². The van der Waals surface area contributed by atoms with E-state index in [1.807, 2.05) is 30.0 Å². The molecule has 2 aromatic heterocycles. The number of anilines is 1. The summed E-state index contributed by atoms with van der Waals surface area (Å²) in [6, 6.07) is 12.6. The molecule has 0 aliphatic carbocycles. The van der Waals surface area contributed by atoms with Crippen LogP contribution in [0.3, 0.4) is 0 Å². The number of benzene rings is 1. The molecule has 2 saturated heterocycles. The molecule has 0 radical (unpaired) electrons. The lowest BCUT2D eigenvalue weighted by Crippen LogP contribution is -2.38. The first-order valence-electron chi connectivity index (χ1n) is 11.7. The summed E-state index contributed by atoms with van der Waals surface area (Å²) >= 11 is 4.64. The number of aryl methyl sites for hydroxylation is 1. The number of nitrogens with one attached hydrogen (secondary N) is 1. The molecule has 36 heavy (non-hydrogen) atoms. The van der Waals surface area contributed by atoms with E-state index in [4.69, 9.17) is 4.74 Å². The number of hydrogen-bond acceptors (Lipinski definition) is 6. The summed E-state index contributed by atoms with van der Waals surface area (Å²) in [5, 5.41) is 3.24. The number of carbonyl (C=O) groups is 3. The fourth-order valence-corrected chi connectivity index (χ4v) is 6.04. The third-order valence-corrected chi connectivity index (χ3v) is 8.05. The van der Waals surface area contributed by atoms with Crippen LogP contribution in [0.15, 0.2) is 58.6 Å². The van der Waals surface area contributed by atoms with Crippen LogP contribution in [-0.2, 0) is 4.79 Å². The van der Waals surface area contributed by atoms with Gasteiger partial charge in [0, 0.05) is 43.2 Å². The highest BCUT2D eigenvalue weighted by molar-refractivity contribution is 9.11. The minimum atomic E-state index is -0.588. The average molecular weight is 569 g/mol. The number of nitrogens with zero attached hydrogens (tertiary/aromatic N) is 3. The molecule has 0 spiro atoms. The third-order valence-electron chi connectivity index (χ3n) is 6.55. The number of hydrogen-bond donors (Lipinski definition) is 1. The minimum Gasteiger partial charge on any atom is -0.399 e. The van der Waals surface area contributed by atoms with Gasteiger partial charge >= 0.3 is 6.09 Å². The number of thiophene rings is 1. The topological polar surface area (TPSA) is 91.8 Å². The minimum absolute atomic E-state index is 0.00591. The summed E-state index contributed by atoms with van der Waals surface area (Å²) in [5.41, 5.74) is 3.24. The molecule has 2 aliphatic heterocycles. The van der Waals surface area contributed by atoms with Crippen LogP contribution in [0.25, 0.3) is 0 Å². The van der Waals surface area contributed by atoms with Crippen molar-refractivity contribution >= 4 is 50.9 Å². The predicted molar refractivity (Wildman–Crippen MR) is 140 cm³/mol. The number of likely N-dealkylation sites (tertiary alicyclic amines) is 1. The van der Waals surface area contributed by atoms with Gasteiger partial charge in [-0.15, -0.1) is 0 Å². The van der Waals surface area contributed by atoms with Crippen LogP contribution >= 0.6 is 27.3 Å². The molecule has 8 nitrogen and oxygen atoms in total. The number of rotatable bonds is 5. The van der Waals surface area contributed by atoms with E-state index in [0.29, 0.717) is 29.4 Å². The van der Waals surface area contributed by atoms with Gasteiger partial charge in [0.25, 0.3) is 5.91 Å². The van der Waals surface area contributed by atoms with Crippen molar-refractivity contribution in [1.82, 2.24) is 15.2 Å². The molecule has 1 aromatic carbocycles. The number of amides is 3. The second-order valence-electron chi connectivity index (χ2n) is 8.93. The Morgan fingerprint density at radius 3 is 2.69 bits per heavy atom. The molecule has 2 unspecified atom stereocenters. The van der Waals surface area contributed by atoms with E-state index < -0.39 is 6.09 Å². The third kappa shape index (κ3) is 5.15. The Morgan fingerprint density at radius 1 is 1.17 bits per heavy atom. The second kappa shape index (κ2) is 10.4. The molecule has 3 amide bonds. The molecule has 2 atom stereocenters. The van der Waals surface area contributed by atoms with E-state index in [1.165, 1.54) is 11.3 Å². The molecule has 4 heterocycles. The van der Waals surface area contributed by atoms with Crippen molar-refractivity contribution in [2.75, 3.05) is 18.0 Å². The van der Waals surface area contributed by atoms with Crippen LogP contribution in [0.4, 0.5) is 10.5 Å². The number of pyridine rings is 1. The van der Waals surface area contributed by atoms with Gasteiger partial charge in [-0.25, -0.2) is 4.79 Å². The van der Waals surface area contributed by atoms with Crippen LogP contribution in [0.1, 0.15) is 46.8 Å². The Morgan fingerprint density at radius 2 is 1.97 bits per heavy atom. The van der Waals surface area contributed by atoms with Gasteiger partial charge < -0.3 is 19.9 Å². The van der Waals surface area contributed by atoms with Crippen molar-refractivity contribution in [3.8, 4) is 5.06 Å². The molecule has 2 fully saturated rings. The number of halogens is 1. The zero-order valence-corrected chi connectivity index (χ0v) is 22.0. The maximum Gasteiger partial charge on any atom is 0.413 e. The molecular weight excluding hydrogens is 544 g/mol. The smallest absolute Gasteiger partial charge is 0.399 e. The van der Waals surface area contributed by atoms with E-state index in [0.717, 1.165) is 27.8 Å². The summed E-state index contributed by atoms with van der Waals surface area (Å²) in [5.74, 6) is -0.0939. The van der Waals surface area contributed by atoms with Crippen molar-refractivity contribution in [1.29, 1.82) is 0 Å². The lowest BCUT2D eigenvalue weighted by Gasteiger charge is -2.26. The largest absolute Gasteiger partial charge is 0.413 e. The average Bonchev–Trinajstić information content (AvgIpc) is 3.59. The van der Waals surface area contributed by atoms with Crippen molar-refractivity contribution in [2.24, 2.45) is 0 Å². The molecule has 0 saturated carbocycles. The van der Waals surface area contributed by atoms with Gasteiger partial charge in [-0.05, 0) is 89.3 Å². The van der Waals surface area contributed by atoms with Crippen molar-refractivity contribution < 1.29 is 19.1 Å². The summed E-state index contributed by atoms with van der Waals surface area (Å²) < 4.78 is 6.15. The zero-order chi connectivity index (χ0) is 25.2. The van der Waals surface area contributed by atoms with E-state index in [1.54, 1.807) is 41.6 Å². The molecule has 1 N–H and O–H groups in total. The number of aromatic nitrogens is 1. The maximum atomic E-state index is 13.4. The zero-order valence-electron chi connectivity index (χ0n) is 19.6. The summed E-state index contributed by atoms with van der Waals surface area (Å²) in [6.07, 6.45) is 4.99. The van der Waals surface area contributed by atoms with Crippen molar-refractivity contribution in [2.45, 2.75) is 38.3 Å². The second-order valence-corrected chi connectivity index (χ2v) is 11.4. The van der Waals surface area contributed by atoms with Crippen LogP contribution in [0, 0.1) is 6.92 Å². The first kappa shape index (κ1) is 24.5. The molecule has 10 heteroatoms. The molecule has 3 aromatic rings. The van der Waals surface area contributed by atoms with Gasteiger partial charge in [-0.3, -0.25) is 14.6 Å². The first-order valence-corrected chi connectivity index (χ1v) is 13.4. The summed E-state index contributed by atoms with van der Waals surface area (Å²) in [4.78, 5) is 46.1. The van der Waals surface area contributed by atoms with Gasteiger partial charge in [0.15, 0.2) is 5.06 Å². The standard InChI is InChI=1S/C26H25BrN4O4S/c1-16-13-19(31-15-18(14-23(31)32)29-26(34)35-24-7-6-22(27)36-24)4-5-20(16)25(33)30-12-2-3-21(30)17-8-10-28-11-9-17/h4-11,13,18,21H,2-3,12,14-15H2,1H3,(H,29,34). The predicted octanol–water partition coefficient (Wildman–Crippen LogP) is 5.09. The highest BCUT2D eigenvalue weighted by atomic mass is 79.9. The first-order chi connectivity index (χ1) is 17.4. The fourth-order valence-electron chi connectivity index (χ4n) is 4.85. The lowest BCUT2D eigenvalue weighted by atomic mass is 10.0. The maximum absolute atomic E-state index is 13.4. The van der Waals surface area contributed by atoms with E-state index in [-0.39, 0.29) is 30.3 Å². The van der Waals surface area contributed by atoms with Crippen LogP contribution in [-0.4, -0.2) is 46.9 Å². The van der Waals surface area contributed by atoms with Gasteiger partial charge in [-0.2, -0.15) is 0 Å². The van der Waals surface area contributed by atoms with E-state index >= 15 is 0 Å². The van der Waals surface area contributed by atoms with Gasteiger partial charge in [0.05, 0.1) is 15.9 Å². The number of carbonyl (C=O) groups excluding carboxylic acids is 3. The Bertz CT molecular complexity index is 1300. The van der Waals surface area contributed by atoms with Gasteiger partial charge in [-0.1, -0.05) is 11.3 Å². The van der Waals surface area contributed by atoms with Crippen LogP contribution in [0.2, 0.25) is 0 Å². The summed E-state index contributed by atoms with van der Waals surface area (Å²) in [6.45, 7) is 2.94. The lowest BCUT2D eigenvalue weighted by molar-refractivity contribution is -0.117. The molecular formula is C26H25BrN4O4S. The Kier molecular flexibility index (Phi) is 7.06. The Balaban J connectivity index is 1.25. The molecule has 2 aliphatic rings. The van der Waals surface area contributed by atoms with Gasteiger partial charge in [0.1, 0.15) is 0 Å². The van der Waals surface area contributed by atoms with E-state index in [2.05, 4.69) is 26.2 Å². The van der Waals surface area contributed by atoms with Crippen LogP contribution in [0.5, 0.6) is 5.06 Å². The van der Waals surface area contributed by atoms with E-state index in [9.17, 15) is 14.4 Å². The Labute approximate surface area is 221 Å². The molecule has 186 valence electrons. The Hall–Kier alpha value is -3.24. The van der Waals surface area contributed by atoms with Crippen molar-refractivity contribution in [3.05, 3.63) is 75.3 Å². The highest BCUT2D eigenvalue weighted by Crippen LogP contribution is 2.34. The molecule has 5 rings (SSSR count). The normalized spacial score (nSPS) is 19.6. The SMILES string of the molecule is Cc1cc(N2CC(NC(=O)Oc3ccc(Br)s3)CC2=O)ccc1C(=O)N1CCCC1c1ccncc1. The summed E-state index contributed by atoms with van der Waals surface area (Å²) in [7, 11) is 0. The van der Waals surface area contributed by atoms with Crippen LogP contribution < -0.4 is 15.0 Å². The molecule has 0 bridgehead atoms.